The summed E-state index contributed by atoms with van der Waals surface area (Å²) in [6.07, 6.45) is 10.9. The predicted molar refractivity (Wildman–Crippen MR) is 90.9 cm³/mol. The lowest BCUT2D eigenvalue weighted by molar-refractivity contribution is -0.128. The molecule has 6 atom stereocenters. The Labute approximate surface area is 140 Å². The molecule has 0 spiro atoms. The molecule has 0 N–H and O–H groups in total. The monoisotopic (exact) mass is 314 g/mol. The molecule has 0 bridgehead atoms. The van der Waals surface area contributed by atoms with Crippen molar-refractivity contribution in [3.05, 3.63) is 11.6 Å². The van der Waals surface area contributed by atoms with Crippen LogP contribution in [0.1, 0.15) is 72.1 Å². The Morgan fingerprint density at radius 2 is 1.83 bits per heavy atom. The van der Waals surface area contributed by atoms with Crippen molar-refractivity contribution in [1.29, 1.82) is 0 Å². The van der Waals surface area contributed by atoms with Crippen molar-refractivity contribution in [2.75, 3.05) is 0 Å². The minimum Gasteiger partial charge on any atom is -0.300 e. The van der Waals surface area contributed by atoms with Crippen molar-refractivity contribution in [3.8, 4) is 0 Å². The highest BCUT2D eigenvalue weighted by Crippen LogP contribution is 2.66. The summed E-state index contributed by atoms with van der Waals surface area (Å²) in [6, 6.07) is 0. The predicted octanol–water partition coefficient (Wildman–Crippen LogP) is 4.72. The van der Waals surface area contributed by atoms with Gasteiger partial charge in [-0.05, 0) is 86.5 Å². The van der Waals surface area contributed by atoms with Crippen molar-refractivity contribution < 1.29 is 9.59 Å². The van der Waals surface area contributed by atoms with Gasteiger partial charge in [0.15, 0.2) is 5.78 Å². The van der Waals surface area contributed by atoms with E-state index in [0.29, 0.717) is 17.5 Å². The summed E-state index contributed by atoms with van der Waals surface area (Å²) in [4.78, 5) is 24.0. The number of fused-ring (bicyclic) bond motifs is 5. The summed E-state index contributed by atoms with van der Waals surface area (Å²) in [5.41, 5.74) is 1.95. The Morgan fingerprint density at radius 3 is 2.57 bits per heavy atom. The number of hydrogen-bond donors (Lipinski definition) is 0. The van der Waals surface area contributed by atoms with E-state index in [-0.39, 0.29) is 10.8 Å². The van der Waals surface area contributed by atoms with Crippen LogP contribution in [-0.4, -0.2) is 11.6 Å². The third kappa shape index (κ3) is 2.06. The first-order valence-corrected chi connectivity index (χ1v) is 9.60. The van der Waals surface area contributed by atoms with Crippen LogP contribution in [0.5, 0.6) is 0 Å². The average Bonchev–Trinajstić information content (AvgIpc) is 2.85. The second-order valence-corrected chi connectivity index (χ2v) is 9.25. The molecule has 3 saturated carbocycles. The van der Waals surface area contributed by atoms with E-state index < -0.39 is 0 Å². The molecule has 0 aromatic carbocycles. The smallest absolute Gasteiger partial charge is 0.155 e. The first kappa shape index (κ1) is 15.6. The molecule has 4 rings (SSSR count). The fraction of sp³-hybridized carbons (Fsp3) is 0.810. The van der Waals surface area contributed by atoms with Gasteiger partial charge in [-0.3, -0.25) is 9.59 Å². The van der Waals surface area contributed by atoms with E-state index >= 15 is 0 Å². The zero-order valence-electron chi connectivity index (χ0n) is 14.9. The number of Topliss-reactive ketones (excluding diaryl/α,β-unsaturated/α-hetero) is 1. The Kier molecular flexibility index (Phi) is 3.42. The highest BCUT2D eigenvalue weighted by atomic mass is 16.1. The molecule has 0 saturated heterocycles. The Bertz CT molecular complexity index is 589. The highest BCUT2D eigenvalue weighted by molar-refractivity contribution is 5.91. The molecule has 2 nitrogen and oxygen atoms in total. The molecule has 23 heavy (non-hydrogen) atoms. The van der Waals surface area contributed by atoms with Crippen LogP contribution < -0.4 is 0 Å². The van der Waals surface area contributed by atoms with E-state index in [9.17, 15) is 9.59 Å². The maximum atomic E-state index is 12.1. The van der Waals surface area contributed by atoms with Gasteiger partial charge in [-0.15, -0.1) is 0 Å². The number of ketones is 2. The summed E-state index contributed by atoms with van der Waals surface area (Å²) in [5.74, 6) is 3.29. The molecule has 0 amide bonds. The minimum atomic E-state index is 0.245. The average molecular weight is 314 g/mol. The van der Waals surface area contributed by atoms with E-state index in [1.165, 1.54) is 31.3 Å². The number of carbonyl (C=O) groups excluding carboxylic acids is 2. The summed E-state index contributed by atoms with van der Waals surface area (Å²) >= 11 is 0. The molecule has 3 fully saturated rings. The van der Waals surface area contributed by atoms with E-state index in [1.54, 1.807) is 6.92 Å². The van der Waals surface area contributed by atoms with Crippen LogP contribution in [0.15, 0.2) is 11.6 Å². The van der Waals surface area contributed by atoms with Gasteiger partial charge in [0.2, 0.25) is 0 Å². The quantitative estimate of drug-likeness (QED) is 0.701. The molecule has 0 heterocycles. The molecule has 4 aliphatic carbocycles. The molecule has 0 aromatic heterocycles. The van der Waals surface area contributed by atoms with Crippen LogP contribution >= 0.6 is 0 Å². The Morgan fingerprint density at radius 1 is 1.04 bits per heavy atom. The molecule has 0 aromatic rings. The molecule has 5 unspecified atom stereocenters. The van der Waals surface area contributed by atoms with E-state index in [2.05, 4.69) is 13.8 Å². The third-order valence-electron chi connectivity index (χ3n) is 8.45. The van der Waals surface area contributed by atoms with E-state index in [1.807, 2.05) is 6.08 Å². The van der Waals surface area contributed by atoms with Gasteiger partial charge in [0.25, 0.3) is 0 Å². The molecule has 126 valence electrons. The van der Waals surface area contributed by atoms with Gasteiger partial charge >= 0.3 is 0 Å². The van der Waals surface area contributed by atoms with Crippen molar-refractivity contribution >= 4 is 11.6 Å². The third-order valence-corrected chi connectivity index (χ3v) is 8.45. The van der Waals surface area contributed by atoms with E-state index in [4.69, 9.17) is 0 Å². The number of allylic oxidation sites excluding steroid dienone is 1. The van der Waals surface area contributed by atoms with Crippen molar-refractivity contribution in [3.63, 3.8) is 0 Å². The fourth-order valence-corrected chi connectivity index (χ4v) is 7.23. The Hall–Kier alpha value is -0.920. The van der Waals surface area contributed by atoms with Gasteiger partial charge in [-0.1, -0.05) is 19.4 Å². The maximum absolute atomic E-state index is 12.1. The van der Waals surface area contributed by atoms with Gasteiger partial charge in [0, 0.05) is 12.3 Å². The lowest BCUT2D eigenvalue weighted by Crippen LogP contribution is -2.51. The molecule has 0 aliphatic heterocycles. The first-order valence-electron chi connectivity index (χ1n) is 9.60. The number of hydrogen-bond acceptors (Lipinski definition) is 2. The summed E-state index contributed by atoms with van der Waals surface area (Å²) in [7, 11) is 0. The summed E-state index contributed by atoms with van der Waals surface area (Å²) in [5, 5.41) is 0. The standard InChI is InChI=1S/C21H30O2/c1-13(22)17-6-7-18-16-5-4-14-12-15(23)8-10-20(14,2)19(16)9-11-21(17,18)3/h12,16-19H,4-11H2,1-3H3/t16?,17?,18?,19?,20-,21?/m0/s1. The van der Waals surface area contributed by atoms with Gasteiger partial charge < -0.3 is 0 Å². The minimum absolute atomic E-state index is 0.245. The van der Waals surface area contributed by atoms with Crippen LogP contribution in [-0.2, 0) is 9.59 Å². The zero-order valence-corrected chi connectivity index (χ0v) is 14.9. The van der Waals surface area contributed by atoms with Gasteiger partial charge in [0.05, 0.1) is 0 Å². The largest absolute Gasteiger partial charge is 0.300 e. The first-order chi connectivity index (χ1) is 10.9. The van der Waals surface area contributed by atoms with Crippen LogP contribution in [0.4, 0.5) is 0 Å². The van der Waals surface area contributed by atoms with Gasteiger partial charge in [-0.25, -0.2) is 0 Å². The lowest BCUT2D eigenvalue weighted by atomic mass is 9.47. The fourth-order valence-electron chi connectivity index (χ4n) is 7.23. The second kappa shape index (κ2) is 5.04. The van der Waals surface area contributed by atoms with Crippen LogP contribution in [0.3, 0.4) is 0 Å². The van der Waals surface area contributed by atoms with Crippen LogP contribution in [0.25, 0.3) is 0 Å². The van der Waals surface area contributed by atoms with Crippen LogP contribution in [0, 0.1) is 34.5 Å². The van der Waals surface area contributed by atoms with Crippen molar-refractivity contribution in [1.82, 2.24) is 0 Å². The zero-order chi connectivity index (χ0) is 16.4. The van der Waals surface area contributed by atoms with Crippen molar-refractivity contribution in [2.45, 2.75) is 72.1 Å². The van der Waals surface area contributed by atoms with Gasteiger partial charge in [-0.2, -0.15) is 0 Å². The maximum Gasteiger partial charge on any atom is 0.155 e. The van der Waals surface area contributed by atoms with Crippen molar-refractivity contribution in [2.24, 2.45) is 34.5 Å². The van der Waals surface area contributed by atoms with Crippen LogP contribution in [0.2, 0.25) is 0 Å². The van der Waals surface area contributed by atoms with Gasteiger partial charge in [0.1, 0.15) is 5.78 Å². The molecule has 2 heteroatoms. The molecular formula is C21H30O2. The lowest BCUT2D eigenvalue weighted by Gasteiger charge is -2.58. The SMILES string of the molecule is CC(=O)C1CCC2C3CCC4=CC(=O)CC[C@]4(C)C3CCC12C. The second-order valence-electron chi connectivity index (χ2n) is 9.25. The number of rotatable bonds is 1. The summed E-state index contributed by atoms with van der Waals surface area (Å²) < 4.78 is 0. The number of carbonyl (C=O) groups is 2. The summed E-state index contributed by atoms with van der Waals surface area (Å²) in [6.45, 7) is 6.65. The van der Waals surface area contributed by atoms with E-state index in [0.717, 1.165) is 43.4 Å². The molecule has 0 radical (unpaired) electrons. The molecular weight excluding hydrogens is 284 g/mol. The molecule has 4 aliphatic rings. The topological polar surface area (TPSA) is 34.1 Å². The highest BCUT2D eigenvalue weighted by Gasteiger charge is 2.59. The Balaban J connectivity index is 1.67. The normalized spacial score (nSPS) is 49.0.